The molecule has 3 saturated carbocycles. The van der Waals surface area contributed by atoms with Gasteiger partial charge in [0.25, 0.3) is 0 Å². The van der Waals surface area contributed by atoms with Gasteiger partial charge in [0.05, 0.1) is 23.3 Å². The predicted molar refractivity (Wildman–Crippen MR) is 116 cm³/mol. The summed E-state index contributed by atoms with van der Waals surface area (Å²) in [5.74, 6) is -1.95. The molecule has 0 amide bonds. The van der Waals surface area contributed by atoms with Crippen LogP contribution in [-0.4, -0.2) is 31.5 Å². The second-order valence-electron chi connectivity index (χ2n) is 8.99. The zero-order valence-corrected chi connectivity index (χ0v) is 17.2. The number of aromatic nitrogens is 3. The highest BCUT2D eigenvalue weighted by Crippen LogP contribution is 2.47. The van der Waals surface area contributed by atoms with Gasteiger partial charge in [-0.1, -0.05) is 0 Å². The number of carbonyl (C=O) groups is 1. The number of aromatic amines is 1. The normalized spacial score (nSPS) is 24.9. The summed E-state index contributed by atoms with van der Waals surface area (Å²) in [6.07, 6.45) is 8.27. The number of aliphatic carboxylic acids is 1. The molecule has 0 spiro atoms. The first-order chi connectivity index (χ1) is 15.5. The molecule has 7 rings (SSSR count). The highest BCUT2D eigenvalue weighted by Gasteiger charge is 2.47. The highest BCUT2D eigenvalue weighted by molar-refractivity contribution is 5.99. The minimum Gasteiger partial charge on any atom is -0.481 e. The average molecular weight is 436 g/mol. The van der Waals surface area contributed by atoms with Gasteiger partial charge in [0, 0.05) is 34.9 Å². The van der Waals surface area contributed by atoms with Crippen LogP contribution in [0.1, 0.15) is 25.7 Å². The molecule has 4 aromatic rings. The Balaban J connectivity index is 1.49. The lowest BCUT2D eigenvalue weighted by Crippen LogP contribution is -2.51. The second kappa shape index (κ2) is 7.05. The van der Waals surface area contributed by atoms with Crippen molar-refractivity contribution in [3.8, 4) is 11.1 Å². The quantitative estimate of drug-likeness (QED) is 0.391. The van der Waals surface area contributed by atoms with Gasteiger partial charge in [0.15, 0.2) is 0 Å². The molecule has 1 unspecified atom stereocenters. The lowest BCUT2D eigenvalue weighted by molar-refractivity contribution is -0.148. The molecule has 2 atom stereocenters. The maximum atomic E-state index is 15.5. The van der Waals surface area contributed by atoms with Crippen molar-refractivity contribution in [1.29, 1.82) is 0 Å². The first kappa shape index (κ1) is 19.3. The molecule has 32 heavy (non-hydrogen) atoms. The van der Waals surface area contributed by atoms with Gasteiger partial charge in [0.1, 0.15) is 11.5 Å². The van der Waals surface area contributed by atoms with Gasteiger partial charge in [-0.3, -0.25) is 9.20 Å². The molecular formula is C24H22F2N4O2. The predicted octanol–water partition coefficient (Wildman–Crippen LogP) is 5.06. The van der Waals surface area contributed by atoms with Crippen molar-refractivity contribution in [1.82, 2.24) is 14.4 Å². The van der Waals surface area contributed by atoms with E-state index in [1.54, 1.807) is 30.6 Å². The Morgan fingerprint density at radius 1 is 1.16 bits per heavy atom. The molecule has 3 aliphatic rings. The third-order valence-corrected chi connectivity index (χ3v) is 7.36. The van der Waals surface area contributed by atoms with Crippen molar-refractivity contribution < 1.29 is 18.7 Å². The van der Waals surface area contributed by atoms with Crippen molar-refractivity contribution in [2.24, 2.45) is 17.8 Å². The maximum Gasteiger partial charge on any atom is 0.308 e. The van der Waals surface area contributed by atoms with Crippen LogP contribution in [0.2, 0.25) is 0 Å². The molecule has 4 aromatic heterocycles. The fourth-order valence-electron chi connectivity index (χ4n) is 5.89. The summed E-state index contributed by atoms with van der Waals surface area (Å²) in [5.41, 5.74) is 2.86. The number of H-pyrrole nitrogens is 1. The van der Waals surface area contributed by atoms with Crippen LogP contribution in [-0.2, 0) is 4.79 Å². The highest BCUT2D eigenvalue weighted by atomic mass is 19.1. The van der Waals surface area contributed by atoms with E-state index in [-0.39, 0.29) is 23.6 Å². The fourth-order valence-corrected chi connectivity index (χ4v) is 5.89. The molecule has 0 aliphatic heterocycles. The lowest BCUT2D eigenvalue weighted by Gasteiger charge is -2.47. The van der Waals surface area contributed by atoms with Gasteiger partial charge in [0.2, 0.25) is 5.95 Å². The molecule has 3 aliphatic carbocycles. The van der Waals surface area contributed by atoms with Gasteiger partial charge < -0.3 is 15.4 Å². The molecule has 2 bridgehead atoms. The molecule has 0 saturated heterocycles. The molecule has 3 N–H and O–H groups in total. The number of hydrogen-bond donors (Lipinski definition) is 3. The van der Waals surface area contributed by atoms with E-state index in [1.165, 1.54) is 10.5 Å². The Morgan fingerprint density at radius 2 is 1.94 bits per heavy atom. The summed E-state index contributed by atoms with van der Waals surface area (Å²) in [6.45, 7) is 0. The molecule has 164 valence electrons. The van der Waals surface area contributed by atoms with Crippen LogP contribution in [0.3, 0.4) is 0 Å². The van der Waals surface area contributed by atoms with E-state index in [9.17, 15) is 14.3 Å². The molecule has 8 heteroatoms. The van der Waals surface area contributed by atoms with Crippen LogP contribution < -0.4 is 5.32 Å². The summed E-state index contributed by atoms with van der Waals surface area (Å²) in [5, 5.41) is 13.8. The van der Waals surface area contributed by atoms with Crippen molar-refractivity contribution >= 4 is 28.2 Å². The van der Waals surface area contributed by atoms with E-state index < -0.39 is 23.7 Å². The third-order valence-electron chi connectivity index (χ3n) is 7.36. The number of halogens is 2. The Hall–Kier alpha value is -3.42. The second-order valence-corrected chi connectivity index (χ2v) is 8.99. The summed E-state index contributed by atoms with van der Waals surface area (Å²) in [6, 6.07) is 6.35. The number of pyridine rings is 2. The van der Waals surface area contributed by atoms with E-state index in [1.807, 2.05) is 0 Å². The number of nitrogens with one attached hydrogen (secondary N) is 2. The summed E-state index contributed by atoms with van der Waals surface area (Å²) < 4.78 is 30.9. The maximum absolute atomic E-state index is 15.5. The van der Waals surface area contributed by atoms with Crippen LogP contribution in [0.15, 0.2) is 42.9 Å². The minimum absolute atomic E-state index is 0.121. The smallest absolute Gasteiger partial charge is 0.308 e. The number of anilines is 1. The van der Waals surface area contributed by atoms with Crippen molar-refractivity contribution in [3.05, 3.63) is 54.6 Å². The number of nitrogens with zero attached hydrogens (tertiary/aromatic N) is 2. The number of hydrogen-bond acceptors (Lipinski definition) is 3. The molecule has 6 nitrogen and oxygen atoms in total. The summed E-state index contributed by atoms with van der Waals surface area (Å²) in [7, 11) is 0. The van der Waals surface area contributed by atoms with Crippen molar-refractivity contribution in [3.63, 3.8) is 0 Å². The first-order valence-electron chi connectivity index (χ1n) is 10.9. The van der Waals surface area contributed by atoms with E-state index >= 15 is 4.39 Å². The largest absolute Gasteiger partial charge is 0.481 e. The minimum atomic E-state index is -0.822. The van der Waals surface area contributed by atoms with Gasteiger partial charge in [-0.2, -0.15) is 4.39 Å². The van der Waals surface area contributed by atoms with Crippen LogP contribution >= 0.6 is 0 Å². The Morgan fingerprint density at radius 3 is 2.72 bits per heavy atom. The van der Waals surface area contributed by atoms with Gasteiger partial charge in [-0.05, 0) is 61.8 Å². The number of fused-ring (bicyclic) bond motifs is 5. The zero-order chi connectivity index (χ0) is 22.0. The average Bonchev–Trinajstić information content (AvgIpc) is 3.44. The van der Waals surface area contributed by atoms with Crippen LogP contribution in [0.5, 0.6) is 0 Å². The number of carboxylic acids is 1. The molecule has 3 fully saturated rings. The Labute approximate surface area is 182 Å². The third kappa shape index (κ3) is 2.82. The fraction of sp³-hybridized carbons (Fsp3) is 0.333. The van der Waals surface area contributed by atoms with Gasteiger partial charge in [-0.25, -0.2) is 9.37 Å². The van der Waals surface area contributed by atoms with Gasteiger partial charge in [-0.15, -0.1) is 0 Å². The van der Waals surface area contributed by atoms with Crippen molar-refractivity contribution in [2.75, 3.05) is 5.32 Å². The monoisotopic (exact) mass is 436 g/mol. The molecule has 4 heterocycles. The molecular weight excluding hydrogens is 414 g/mol. The number of rotatable bonds is 4. The topological polar surface area (TPSA) is 82.4 Å². The summed E-state index contributed by atoms with van der Waals surface area (Å²) in [4.78, 5) is 19.2. The zero-order valence-electron chi connectivity index (χ0n) is 17.2. The SMILES string of the molecule is O=C(O)[C@H]1C2CCC(CC2)C1Nc1cc(-c2c[nH]c3ncc(F)cc23)c2cccn2c1F. The van der Waals surface area contributed by atoms with Crippen LogP contribution in [0.4, 0.5) is 14.5 Å². The van der Waals surface area contributed by atoms with Crippen molar-refractivity contribution in [2.45, 2.75) is 31.7 Å². The van der Waals surface area contributed by atoms with E-state index in [2.05, 4.69) is 15.3 Å². The molecule has 0 aromatic carbocycles. The summed E-state index contributed by atoms with van der Waals surface area (Å²) >= 11 is 0. The lowest BCUT2D eigenvalue weighted by atomic mass is 9.61. The van der Waals surface area contributed by atoms with Crippen LogP contribution in [0, 0.1) is 29.5 Å². The van der Waals surface area contributed by atoms with Gasteiger partial charge >= 0.3 is 5.97 Å². The van der Waals surface area contributed by atoms with E-state index in [0.717, 1.165) is 31.9 Å². The van der Waals surface area contributed by atoms with E-state index in [4.69, 9.17) is 0 Å². The Kier molecular flexibility index (Phi) is 4.25. The van der Waals surface area contributed by atoms with Crippen LogP contribution in [0.25, 0.3) is 27.7 Å². The Bertz CT molecular complexity index is 1350. The number of carboxylic acid groups (broad SMARTS) is 1. The standard InChI is InChI=1S/C24H22F2N4O2/c25-14-8-16-17(11-28-23(16)27-10-14)15-9-18(22(26)30-7-1-2-19(15)30)29-21-13-5-3-12(4-6-13)20(21)24(31)32/h1-2,7-13,20-21,29H,3-6H2,(H,27,28)(H,31,32)/t12?,13?,20-,21?/m0/s1. The molecule has 0 radical (unpaired) electrons. The van der Waals surface area contributed by atoms with E-state index in [0.29, 0.717) is 27.7 Å². The first-order valence-corrected chi connectivity index (χ1v) is 10.9.